The van der Waals surface area contributed by atoms with Crippen LogP contribution in [0.5, 0.6) is 0 Å². The van der Waals surface area contributed by atoms with E-state index < -0.39 is 0 Å². The van der Waals surface area contributed by atoms with Crippen molar-refractivity contribution in [3.8, 4) is 0 Å². The molecule has 0 aliphatic rings. The number of carbonyl (C=O) groups excluding carboxylic acids is 1. The van der Waals surface area contributed by atoms with E-state index in [-0.39, 0.29) is 5.38 Å². The third-order valence-corrected chi connectivity index (χ3v) is 1.35. The molecule has 0 amide bonds. The monoisotopic (exact) mass is 134 g/mol. The van der Waals surface area contributed by atoms with Gasteiger partial charge in [0.1, 0.15) is 6.29 Å². The van der Waals surface area contributed by atoms with Gasteiger partial charge in [0.2, 0.25) is 0 Å². The first-order valence-electron chi connectivity index (χ1n) is 2.89. The van der Waals surface area contributed by atoms with Gasteiger partial charge in [0.05, 0.1) is 0 Å². The Morgan fingerprint density at radius 1 is 1.75 bits per heavy atom. The lowest BCUT2D eigenvalue weighted by Crippen LogP contribution is -1.96. The van der Waals surface area contributed by atoms with Crippen LogP contribution in [0.15, 0.2) is 0 Å². The molecule has 0 aromatic heterocycles. The Balaban J connectivity index is 3.03. The lowest BCUT2D eigenvalue weighted by Gasteiger charge is -1.99. The summed E-state index contributed by atoms with van der Waals surface area (Å²) in [6.45, 7) is 2.06. The van der Waals surface area contributed by atoms with Gasteiger partial charge in [-0.05, 0) is 6.42 Å². The molecule has 0 spiro atoms. The van der Waals surface area contributed by atoms with Crippen LogP contribution in [0.1, 0.15) is 26.2 Å². The van der Waals surface area contributed by atoms with Crippen molar-refractivity contribution in [2.45, 2.75) is 31.6 Å². The van der Waals surface area contributed by atoms with Crippen molar-refractivity contribution in [3.63, 3.8) is 0 Å². The topological polar surface area (TPSA) is 17.1 Å². The summed E-state index contributed by atoms with van der Waals surface area (Å²) in [5, 5.41) is 0.0671. The van der Waals surface area contributed by atoms with E-state index in [4.69, 9.17) is 11.6 Å². The number of hydrogen-bond acceptors (Lipinski definition) is 1. The molecule has 1 nitrogen and oxygen atoms in total. The van der Waals surface area contributed by atoms with Crippen molar-refractivity contribution in [2.75, 3.05) is 0 Å². The summed E-state index contributed by atoms with van der Waals surface area (Å²) in [5.41, 5.74) is 0. The number of alkyl halides is 1. The van der Waals surface area contributed by atoms with Crippen LogP contribution in [-0.2, 0) is 4.79 Å². The second-order valence-electron chi connectivity index (χ2n) is 1.79. The zero-order valence-electron chi connectivity index (χ0n) is 5.06. The van der Waals surface area contributed by atoms with Crippen LogP contribution in [0.25, 0.3) is 0 Å². The predicted octanol–water partition coefficient (Wildman–Crippen LogP) is 1.98. The lowest BCUT2D eigenvalue weighted by atomic mass is 10.2. The molecule has 0 saturated carbocycles. The Kier molecular flexibility index (Phi) is 5.08. The van der Waals surface area contributed by atoms with E-state index in [2.05, 4.69) is 6.92 Å². The first-order chi connectivity index (χ1) is 3.81. The summed E-state index contributed by atoms with van der Waals surface area (Å²) in [7, 11) is 0. The van der Waals surface area contributed by atoms with Gasteiger partial charge in [-0.2, -0.15) is 0 Å². The van der Waals surface area contributed by atoms with Gasteiger partial charge >= 0.3 is 0 Å². The molecule has 0 heterocycles. The van der Waals surface area contributed by atoms with E-state index in [1.54, 1.807) is 0 Å². The molecule has 2 heteroatoms. The van der Waals surface area contributed by atoms with Crippen LogP contribution in [-0.4, -0.2) is 11.7 Å². The van der Waals surface area contributed by atoms with E-state index in [1.807, 2.05) is 0 Å². The molecule has 48 valence electrons. The van der Waals surface area contributed by atoms with Gasteiger partial charge in [0.15, 0.2) is 0 Å². The fourth-order valence-corrected chi connectivity index (χ4v) is 0.826. The fraction of sp³-hybridized carbons (Fsp3) is 0.833. The maximum Gasteiger partial charge on any atom is 0.121 e. The third kappa shape index (κ3) is 4.13. The van der Waals surface area contributed by atoms with Crippen molar-refractivity contribution < 1.29 is 4.79 Å². The van der Waals surface area contributed by atoms with Gasteiger partial charge in [0, 0.05) is 11.8 Å². The number of carbonyl (C=O) groups is 1. The van der Waals surface area contributed by atoms with E-state index in [0.717, 1.165) is 19.1 Å². The highest BCUT2D eigenvalue weighted by atomic mass is 35.5. The Hall–Kier alpha value is -0.0400. The normalized spacial score (nSPS) is 13.2. The first kappa shape index (κ1) is 7.96. The molecule has 0 aliphatic heterocycles. The van der Waals surface area contributed by atoms with Gasteiger partial charge in [-0.15, -0.1) is 11.6 Å². The summed E-state index contributed by atoms with van der Waals surface area (Å²) in [5.74, 6) is 0. The van der Waals surface area contributed by atoms with Gasteiger partial charge in [-0.1, -0.05) is 13.3 Å². The van der Waals surface area contributed by atoms with Crippen LogP contribution < -0.4 is 0 Å². The summed E-state index contributed by atoms with van der Waals surface area (Å²) in [6.07, 6.45) is 3.37. The minimum atomic E-state index is 0.0671. The second kappa shape index (κ2) is 5.10. The Morgan fingerprint density at radius 2 is 2.38 bits per heavy atom. The highest BCUT2D eigenvalue weighted by molar-refractivity contribution is 6.21. The standard InChI is InChI=1S/C6H11ClO/c1-2-3-6(7)4-5-8/h5-6H,2-4H2,1H3. The number of aldehydes is 1. The Bertz CT molecular complexity index is 63.5. The minimum absolute atomic E-state index is 0.0671. The van der Waals surface area contributed by atoms with E-state index >= 15 is 0 Å². The molecule has 0 aliphatic carbocycles. The minimum Gasteiger partial charge on any atom is -0.303 e. The molecule has 0 aromatic rings. The molecule has 0 aromatic carbocycles. The molecule has 0 N–H and O–H groups in total. The number of rotatable bonds is 4. The summed E-state index contributed by atoms with van der Waals surface area (Å²) < 4.78 is 0. The highest BCUT2D eigenvalue weighted by Crippen LogP contribution is 2.06. The van der Waals surface area contributed by atoms with Gasteiger partial charge < -0.3 is 4.79 Å². The lowest BCUT2D eigenvalue weighted by molar-refractivity contribution is -0.107. The first-order valence-corrected chi connectivity index (χ1v) is 3.32. The average molecular weight is 135 g/mol. The van der Waals surface area contributed by atoms with Gasteiger partial charge in [0.25, 0.3) is 0 Å². The largest absolute Gasteiger partial charge is 0.303 e. The number of halogens is 1. The van der Waals surface area contributed by atoms with Crippen LogP contribution >= 0.6 is 11.6 Å². The zero-order chi connectivity index (χ0) is 6.41. The molecule has 0 fully saturated rings. The van der Waals surface area contributed by atoms with Crippen molar-refractivity contribution in [1.82, 2.24) is 0 Å². The van der Waals surface area contributed by atoms with Gasteiger partial charge in [-0.3, -0.25) is 0 Å². The fourth-order valence-electron chi connectivity index (χ4n) is 0.535. The maximum atomic E-state index is 9.81. The quantitative estimate of drug-likeness (QED) is 0.425. The molecule has 0 radical (unpaired) electrons. The molecule has 0 bridgehead atoms. The molecule has 1 atom stereocenters. The molecule has 0 rings (SSSR count). The van der Waals surface area contributed by atoms with Crippen molar-refractivity contribution in [3.05, 3.63) is 0 Å². The second-order valence-corrected chi connectivity index (χ2v) is 2.41. The average Bonchev–Trinajstić information content (AvgIpc) is 1.68. The van der Waals surface area contributed by atoms with E-state index in [1.165, 1.54) is 0 Å². The molecule has 8 heavy (non-hydrogen) atoms. The zero-order valence-corrected chi connectivity index (χ0v) is 5.82. The Labute approximate surface area is 55.0 Å². The summed E-state index contributed by atoms with van der Waals surface area (Å²) >= 11 is 5.65. The van der Waals surface area contributed by atoms with E-state index in [9.17, 15) is 4.79 Å². The summed E-state index contributed by atoms with van der Waals surface area (Å²) in [6, 6.07) is 0. The van der Waals surface area contributed by atoms with Crippen LogP contribution in [0.3, 0.4) is 0 Å². The van der Waals surface area contributed by atoms with Crippen molar-refractivity contribution in [1.29, 1.82) is 0 Å². The molecular formula is C6H11ClO. The van der Waals surface area contributed by atoms with Crippen LogP contribution in [0, 0.1) is 0 Å². The smallest absolute Gasteiger partial charge is 0.121 e. The number of hydrogen-bond donors (Lipinski definition) is 0. The van der Waals surface area contributed by atoms with Gasteiger partial charge in [-0.25, -0.2) is 0 Å². The predicted molar refractivity (Wildman–Crippen MR) is 35.2 cm³/mol. The van der Waals surface area contributed by atoms with Crippen molar-refractivity contribution in [2.24, 2.45) is 0 Å². The maximum absolute atomic E-state index is 9.81. The highest BCUT2D eigenvalue weighted by Gasteiger charge is 1.99. The third-order valence-electron chi connectivity index (χ3n) is 0.954. The molecule has 0 saturated heterocycles. The Morgan fingerprint density at radius 3 is 2.75 bits per heavy atom. The van der Waals surface area contributed by atoms with E-state index in [0.29, 0.717) is 6.42 Å². The van der Waals surface area contributed by atoms with Crippen LogP contribution in [0.2, 0.25) is 0 Å². The SMILES string of the molecule is CCCC(Cl)CC=O. The summed E-state index contributed by atoms with van der Waals surface area (Å²) in [4.78, 5) is 9.81. The molecule has 1 unspecified atom stereocenters. The van der Waals surface area contributed by atoms with Crippen LogP contribution in [0.4, 0.5) is 0 Å². The molecular weight excluding hydrogens is 124 g/mol. The van der Waals surface area contributed by atoms with Crippen molar-refractivity contribution >= 4 is 17.9 Å².